The summed E-state index contributed by atoms with van der Waals surface area (Å²) in [6, 6.07) is 13.9. The molecule has 0 saturated carbocycles. The fraction of sp³-hybridized carbons (Fsp3) is 0.100. The highest BCUT2D eigenvalue weighted by molar-refractivity contribution is 8.27. The van der Waals surface area contributed by atoms with E-state index in [0.29, 0.717) is 14.9 Å². The second-order valence-corrected chi connectivity index (χ2v) is 8.05. The van der Waals surface area contributed by atoms with E-state index in [1.165, 1.54) is 28.8 Å². The molecular weight excluding hydrogens is 394 g/mol. The van der Waals surface area contributed by atoms with Crippen LogP contribution >= 0.6 is 24.0 Å². The van der Waals surface area contributed by atoms with E-state index < -0.39 is 4.92 Å². The van der Waals surface area contributed by atoms with Crippen molar-refractivity contribution >= 4 is 62.6 Å². The molecule has 2 aromatic carbocycles. The highest BCUT2D eigenvalue weighted by Gasteiger charge is 2.34. The Morgan fingerprint density at radius 2 is 1.93 bits per heavy atom. The van der Waals surface area contributed by atoms with Crippen molar-refractivity contribution in [2.24, 2.45) is 7.05 Å². The fourth-order valence-corrected chi connectivity index (χ4v) is 4.58. The van der Waals surface area contributed by atoms with Crippen LogP contribution in [0.1, 0.15) is 11.3 Å². The standard InChI is InChI=1S/C20H15N3O3S2/c1-12-16(15-8-3-4-9-17(15)21(12)2)11-18-19(24)22(20(27)28-18)13-6-5-7-14(10-13)23(25)26/h3-11H,1-2H3/b18-11+. The minimum Gasteiger partial charge on any atom is -0.347 e. The van der Waals surface area contributed by atoms with Crippen LogP contribution < -0.4 is 4.90 Å². The molecule has 6 nitrogen and oxygen atoms in total. The van der Waals surface area contributed by atoms with Gasteiger partial charge in [-0.05, 0) is 25.1 Å². The van der Waals surface area contributed by atoms with Crippen molar-refractivity contribution in [1.29, 1.82) is 0 Å². The summed E-state index contributed by atoms with van der Waals surface area (Å²) < 4.78 is 2.44. The molecule has 2 heterocycles. The van der Waals surface area contributed by atoms with Crippen LogP contribution in [0.2, 0.25) is 0 Å². The molecule has 0 N–H and O–H groups in total. The molecule has 1 aromatic heterocycles. The van der Waals surface area contributed by atoms with Gasteiger partial charge in [0.2, 0.25) is 0 Å². The van der Waals surface area contributed by atoms with Crippen molar-refractivity contribution < 1.29 is 9.72 Å². The number of carbonyl (C=O) groups is 1. The number of nitro benzene ring substituents is 1. The number of benzene rings is 2. The Morgan fingerprint density at radius 3 is 2.68 bits per heavy atom. The first-order valence-corrected chi connectivity index (χ1v) is 9.67. The van der Waals surface area contributed by atoms with E-state index in [2.05, 4.69) is 4.57 Å². The van der Waals surface area contributed by atoms with Crippen molar-refractivity contribution in [3.63, 3.8) is 0 Å². The molecule has 4 rings (SSSR count). The number of non-ortho nitro benzene ring substituents is 1. The molecule has 140 valence electrons. The number of hydrogen-bond donors (Lipinski definition) is 0. The minimum atomic E-state index is -0.490. The molecule has 0 aliphatic carbocycles. The molecule has 1 saturated heterocycles. The zero-order valence-electron chi connectivity index (χ0n) is 15.1. The normalized spacial score (nSPS) is 15.8. The monoisotopic (exact) mass is 409 g/mol. The third-order valence-electron chi connectivity index (χ3n) is 4.82. The van der Waals surface area contributed by atoms with Gasteiger partial charge in [0, 0.05) is 41.3 Å². The summed E-state index contributed by atoms with van der Waals surface area (Å²) in [6.07, 6.45) is 1.86. The number of thioether (sulfide) groups is 1. The third-order valence-corrected chi connectivity index (χ3v) is 6.12. The van der Waals surface area contributed by atoms with Crippen LogP contribution in [0.15, 0.2) is 53.4 Å². The van der Waals surface area contributed by atoms with Gasteiger partial charge in [-0.15, -0.1) is 0 Å². The molecular formula is C20H15N3O3S2. The SMILES string of the molecule is Cc1c(/C=C2/SC(=S)N(c3cccc([N+](=O)[O-])c3)C2=O)c2ccccc2n1C. The average Bonchev–Trinajstić information content (AvgIpc) is 3.10. The summed E-state index contributed by atoms with van der Waals surface area (Å²) in [4.78, 5) is 25.4. The van der Waals surface area contributed by atoms with Gasteiger partial charge in [-0.3, -0.25) is 19.8 Å². The second-order valence-electron chi connectivity index (χ2n) is 6.37. The number of anilines is 1. The predicted molar refractivity (Wildman–Crippen MR) is 116 cm³/mol. The maximum Gasteiger partial charge on any atom is 0.271 e. The van der Waals surface area contributed by atoms with Crippen LogP contribution in [0.25, 0.3) is 17.0 Å². The first kappa shape index (κ1) is 18.4. The average molecular weight is 409 g/mol. The molecule has 0 spiro atoms. The van der Waals surface area contributed by atoms with Gasteiger partial charge in [0.25, 0.3) is 11.6 Å². The number of nitro groups is 1. The van der Waals surface area contributed by atoms with Crippen molar-refractivity contribution in [3.05, 3.63) is 74.8 Å². The third kappa shape index (κ3) is 2.90. The molecule has 0 bridgehead atoms. The van der Waals surface area contributed by atoms with E-state index in [9.17, 15) is 14.9 Å². The maximum atomic E-state index is 13.0. The number of aromatic nitrogens is 1. The number of nitrogens with zero attached hydrogens (tertiary/aromatic N) is 3. The van der Waals surface area contributed by atoms with Gasteiger partial charge in [-0.2, -0.15) is 0 Å². The lowest BCUT2D eigenvalue weighted by Crippen LogP contribution is -2.27. The zero-order valence-corrected chi connectivity index (χ0v) is 16.7. The number of amides is 1. The first-order valence-electron chi connectivity index (χ1n) is 8.45. The van der Waals surface area contributed by atoms with Crippen LogP contribution in [-0.4, -0.2) is 19.7 Å². The van der Waals surface area contributed by atoms with Gasteiger partial charge in [0.15, 0.2) is 4.32 Å². The summed E-state index contributed by atoms with van der Waals surface area (Å²) in [5.74, 6) is -0.275. The van der Waals surface area contributed by atoms with Gasteiger partial charge < -0.3 is 4.57 Å². The number of hydrogen-bond acceptors (Lipinski definition) is 5. The fourth-order valence-electron chi connectivity index (χ4n) is 3.30. The molecule has 1 aliphatic rings. The van der Waals surface area contributed by atoms with Crippen LogP contribution in [-0.2, 0) is 11.8 Å². The molecule has 8 heteroatoms. The van der Waals surface area contributed by atoms with Gasteiger partial charge in [0.1, 0.15) is 0 Å². The predicted octanol–water partition coefficient (Wildman–Crippen LogP) is 4.80. The van der Waals surface area contributed by atoms with Crippen LogP contribution in [0, 0.1) is 17.0 Å². The lowest BCUT2D eigenvalue weighted by Gasteiger charge is -2.13. The summed E-state index contributed by atoms with van der Waals surface area (Å²) in [7, 11) is 1.99. The molecule has 0 unspecified atom stereocenters. The summed E-state index contributed by atoms with van der Waals surface area (Å²) in [5.41, 5.74) is 3.41. The molecule has 3 aromatic rings. The molecule has 28 heavy (non-hydrogen) atoms. The topological polar surface area (TPSA) is 68.4 Å². The number of carbonyl (C=O) groups excluding carboxylic acids is 1. The first-order chi connectivity index (χ1) is 13.4. The molecule has 1 amide bonds. The molecule has 1 aliphatic heterocycles. The Labute approximate surface area is 170 Å². The number of fused-ring (bicyclic) bond motifs is 1. The Balaban J connectivity index is 1.77. The Morgan fingerprint density at radius 1 is 1.18 bits per heavy atom. The van der Waals surface area contributed by atoms with E-state index in [0.717, 1.165) is 22.2 Å². The van der Waals surface area contributed by atoms with Crippen LogP contribution in [0.4, 0.5) is 11.4 Å². The summed E-state index contributed by atoms with van der Waals surface area (Å²) in [5, 5.41) is 12.1. The minimum absolute atomic E-state index is 0.0829. The maximum absolute atomic E-state index is 13.0. The van der Waals surface area contributed by atoms with E-state index in [1.54, 1.807) is 12.1 Å². The van der Waals surface area contributed by atoms with Crippen molar-refractivity contribution in [1.82, 2.24) is 4.57 Å². The Kier molecular flexibility index (Phi) is 4.52. The highest BCUT2D eigenvalue weighted by Crippen LogP contribution is 2.38. The molecule has 1 fully saturated rings. The number of para-hydroxylation sites is 1. The summed E-state index contributed by atoms with van der Waals surface area (Å²) in [6.45, 7) is 2.01. The Bertz CT molecular complexity index is 1200. The number of thiocarbonyl (C=S) groups is 1. The van der Waals surface area contributed by atoms with E-state index in [4.69, 9.17) is 12.2 Å². The highest BCUT2D eigenvalue weighted by atomic mass is 32.2. The van der Waals surface area contributed by atoms with Gasteiger partial charge >= 0.3 is 0 Å². The van der Waals surface area contributed by atoms with Crippen molar-refractivity contribution in [2.45, 2.75) is 6.92 Å². The van der Waals surface area contributed by atoms with E-state index >= 15 is 0 Å². The zero-order chi connectivity index (χ0) is 20.0. The van der Waals surface area contributed by atoms with Crippen LogP contribution in [0.3, 0.4) is 0 Å². The number of aryl methyl sites for hydroxylation is 1. The quantitative estimate of drug-likeness (QED) is 0.269. The lowest BCUT2D eigenvalue weighted by atomic mass is 10.1. The van der Waals surface area contributed by atoms with Crippen molar-refractivity contribution in [3.8, 4) is 0 Å². The number of rotatable bonds is 3. The van der Waals surface area contributed by atoms with Gasteiger partial charge in [-0.1, -0.05) is 48.2 Å². The Hall–Kier alpha value is -2.97. The largest absolute Gasteiger partial charge is 0.347 e. The van der Waals surface area contributed by atoms with Gasteiger partial charge in [0.05, 0.1) is 15.5 Å². The molecule has 0 radical (unpaired) electrons. The molecule has 0 atom stereocenters. The van der Waals surface area contributed by atoms with Gasteiger partial charge in [-0.25, -0.2) is 0 Å². The van der Waals surface area contributed by atoms with E-state index in [1.807, 2.05) is 44.3 Å². The summed E-state index contributed by atoms with van der Waals surface area (Å²) >= 11 is 6.59. The smallest absolute Gasteiger partial charge is 0.271 e. The van der Waals surface area contributed by atoms with Crippen molar-refractivity contribution in [2.75, 3.05) is 4.90 Å². The second kappa shape index (κ2) is 6.88. The van der Waals surface area contributed by atoms with Crippen LogP contribution in [0.5, 0.6) is 0 Å². The lowest BCUT2D eigenvalue weighted by molar-refractivity contribution is -0.384. The van der Waals surface area contributed by atoms with E-state index in [-0.39, 0.29) is 11.6 Å².